The van der Waals surface area contributed by atoms with Gasteiger partial charge in [0.15, 0.2) is 0 Å². The average molecular weight is 257 g/mol. The SMILES string of the molecule is CCc1nn(C)cc1NCc1ccc(C(C)C)cc1. The van der Waals surface area contributed by atoms with Crippen LogP contribution < -0.4 is 5.32 Å². The molecule has 3 heteroatoms. The Hall–Kier alpha value is -1.77. The summed E-state index contributed by atoms with van der Waals surface area (Å²) >= 11 is 0. The highest BCUT2D eigenvalue weighted by atomic mass is 15.3. The highest BCUT2D eigenvalue weighted by Crippen LogP contribution is 2.17. The first-order chi connectivity index (χ1) is 9.10. The highest BCUT2D eigenvalue weighted by molar-refractivity contribution is 5.46. The van der Waals surface area contributed by atoms with Crippen molar-refractivity contribution in [1.29, 1.82) is 0 Å². The zero-order valence-corrected chi connectivity index (χ0v) is 12.3. The maximum Gasteiger partial charge on any atom is 0.0853 e. The van der Waals surface area contributed by atoms with Gasteiger partial charge in [0, 0.05) is 19.8 Å². The van der Waals surface area contributed by atoms with E-state index in [2.05, 4.69) is 55.5 Å². The van der Waals surface area contributed by atoms with Gasteiger partial charge in [-0.1, -0.05) is 45.0 Å². The number of benzene rings is 1. The molecule has 0 saturated carbocycles. The van der Waals surface area contributed by atoms with Crippen molar-refractivity contribution >= 4 is 5.69 Å². The van der Waals surface area contributed by atoms with E-state index in [-0.39, 0.29) is 0 Å². The average Bonchev–Trinajstić information content (AvgIpc) is 2.77. The molecular formula is C16H23N3. The Bertz CT molecular complexity index is 523. The van der Waals surface area contributed by atoms with Crippen LogP contribution in [0.15, 0.2) is 30.5 Å². The Morgan fingerprint density at radius 1 is 1.21 bits per heavy atom. The van der Waals surface area contributed by atoms with Crippen LogP contribution in [0, 0.1) is 0 Å². The van der Waals surface area contributed by atoms with Crippen molar-refractivity contribution in [3.63, 3.8) is 0 Å². The Morgan fingerprint density at radius 2 is 1.89 bits per heavy atom. The lowest BCUT2D eigenvalue weighted by atomic mass is 10.0. The third-order valence-electron chi connectivity index (χ3n) is 3.37. The molecule has 0 radical (unpaired) electrons. The Kier molecular flexibility index (Phi) is 4.25. The quantitative estimate of drug-likeness (QED) is 0.884. The molecule has 0 aliphatic heterocycles. The molecule has 3 nitrogen and oxygen atoms in total. The van der Waals surface area contributed by atoms with E-state index >= 15 is 0 Å². The number of nitrogens with zero attached hydrogens (tertiary/aromatic N) is 2. The normalized spacial score (nSPS) is 11.0. The highest BCUT2D eigenvalue weighted by Gasteiger charge is 2.05. The van der Waals surface area contributed by atoms with Crippen molar-refractivity contribution in [2.24, 2.45) is 7.05 Å². The molecule has 1 aromatic carbocycles. The first-order valence-electron chi connectivity index (χ1n) is 6.95. The smallest absolute Gasteiger partial charge is 0.0853 e. The zero-order valence-electron chi connectivity index (χ0n) is 12.3. The molecule has 0 bridgehead atoms. The number of hydrogen-bond donors (Lipinski definition) is 1. The maximum atomic E-state index is 4.43. The molecule has 0 aliphatic carbocycles. The van der Waals surface area contributed by atoms with Gasteiger partial charge in [0.1, 0.15) is 0 Å². The predicted molar refractivity (Wildman–Crippen MR) is 80.4 cm³/mol. The lowest BCUT2D eigenvalue weighted by molar-refractivity contribution is 0.746. The van der Waals surface area contributed by atoms with E-state index in [1.54, 1.807) is 0 Å². The topological polar surface area (TPSA) is 29.9 Å². The fourth-order valence-electron chi connectivity index (χ4n) is 2.16. The van der Waals surface area contributed by atoms with E-state index in [1.165, 1.54) is 11.1 Å². The number of rotatable bonds is 5. The molecule has 1 N–H and O–H groups in total. The number of aryl methyl sites for hydroxylation is 2. The van der Waals surface area contributed by atoms with Crippen LogP contribution in [0.1, 0.15) is 43.5 Å². The summed E-state index contributed by atoms with van der Waals surface area (Å²) in [6.07, 6.45) is 3.00. The van der Waals surface area contributed by atoms with Crippen molar-refractivity contribution in [2.75, 3.05) is 5.32 Å². The van der Waals surface area contributed by atoms with E-state index < -0.39 is 0 Å². The molecule has 102 valence electrons. The monoisotopic (exact) mass is 257 g/mol. The summed E-state index contributed by atoms with van der Waals surface area (Å²) in [5.74, 6) is 0.590. The molecule has 0 atom stereocenters. The molecule has 0 saturated heterocycles. The van der Waals surface area contributed by atoms with Gasteiger partial charge in [-0.3, -0.25) is 4.68 Å². The van der Waals surface area contributed by atoms with Crippen LogP contribution in [0.5, 0.6) is 0 Å². The molecule has 2 rings (SSSR count). The molecule has 19 heavy (non-hydrogen) atoms. The van der Waals surface area contributed by atoms with Gasteiger partial charge in [0.25, 0.3) is 0 Å². The van der Waals surface area contributed by atoms with Gasteiger partial charge >= 0.3 is 0 Å². The second-order valence-electron chi connectivity index (χ2n) is 5.27. The molecule has 0 aliphatic rings. The van der Waals surface area contributed by atoms with Crippen molar-refractivity contribution in [3.05, 3.63) is 47.3 Å². The standard InChI is InChI=1S/C16H23N3/c1-5-15-16(11-19(4)18-15)17-10-13-6-8-14(9-7-13)12(2)3/h6-9,11-12,17H,5,10H2,1-4H3. The van der Waals surface area contributed by atoms with Gasteiger partial charge in [-0.15, -0.1) is 0 Å². The minimum Gasteiger partial charge on any atom is -0.378 e. The Balaban J connectivity index is 2.01. The van der Waals surface area contributed by atoms with Gasteiger partial charge in [0.05, 0.1) is 11.4 Å². The van der Waals surface area contributed by atoms with Crippen LogP contribution in [0.4, 0.5) is 5.69 Å². The molecule has 0 spiro atoms. The van der Waals surface area contributed by atoms with Crippen LogP contribution in [-0.2, 0) is 20.0 Å². The number of aromatic nitrogens is 2. The van der Waals surface area contributed by atoms with E-state index in [1.807, 2.05) is 17.9 Å². The maximum absolute atomic E-state index is 4.43. The summed E-state index contributed by atoms with van der Waals surface area (Å²) in [6.45, 7) is 7.41. The first kappa shape index (κ1) is 13.7. The van der Waals surface area contributed by atoms with Crippen LogP contribution in [0.3, 0.4) is 0 Å². The Morgan fingerprint density at radius 3 is 2.47 bits per heavy atom. The lowest BCUT2D eigenvalue weighted by Gasteiger charge is -2.08. The summed E-state index contributed by atoms with van der Waals surface area (Å²) in [7, 11) is 1.96. The number of anilines is 1. The minimum absolute atomic E-state index is 0.590. The number of nitrogens with one attached hydrogen (secondary N) is 1. The summed E-state index contributed by atoms with van der Waals surface area (Å²) in [6, 6.07) is 8.83. The largest absolute Gasteiger partial charge is 0.378 e. The van der Waals surface area contributed by atoms with Crippen molar-refractivity contribution in [2.45, 2.75) is 39.7 Å². The molecule has 0 unspecified atom stereocenters. The summed E-state index contributed by atoms with van der Waals surface area (Å²) in [4.78, 5) is 0. The minimum atomic E-state index is 0.590. The second-order valence-corrected chi connectivity index (χ2v) is 5.27. The van der Waals surface area contributed by atoms with Gasteiger partial charge in [-0.05, 0) is 23.5 Å². The van der Waals surface area contributed by atoms with Gasteiger partial charge in [-0.25, -0.2) is 0 Å². The van der Waals surface area contributed by atoms with Crippen molar-refractivity contribution in [1.82, 2.24) is 9.78 Å². The lowest BCUT2D eigenvalue weighted by Crippen LogP contribution is -2.01. The molecule has 0 amide bonds. The zero-order chi connectivity index (χ0) is 13.8. The molecule has 1 aromatic heterocycles. The van der Waals surface area contributed by atoms with E-state index in [0.717, 1.165) is 24.3 Å². The third-order valence-corrected chi connectivity index (χ3v) is 3.37. The van der Waals surface area contributed by atoms with E-state index in [0.29, 0.717) is 5.92 Å². The van der Waals surface area contributed by atoms with Gasteiger partial charge < -0.3 is 5.32 Å². The first-order valence-corrected chi connectivity index (χ1v) is 6.95. The van der Waals surface area contributed by atoms with E-state index in [9.17, 15) is 0 Å². The van der Waals surface area contributed by atoms with Crippen LogP contribution in [-0.4, -0.2) is 9.78 Å². The summed E-state index contributed by atoms with van der Waals surface area (Å²) < 4.78 is 1.86. The summed E-state index contributed by atoms with van der Waals surface area (Å²) in [5, 5.41) is 7.90. The van der Waals surface area contributed by atoms with Gasteiger partial charge in [-0.2, -0.15) is 5.10 Å². The number of hydrogen-bond acceptors (Lipinski definition) is 2. The second kappa shape index (κ2) is 5.91. The van der Waals surface area contributed by atoms with Crippen molar-refractivity contribution in [3.8, 4) is 0 Å². The third kappa shape index (κ3) is 3.37. The fourth-order valence-corrected chi connectivity index (χ4v) is 2.16. The summed E-state index contributed by atoms with van der Waals surface area (Å²) in [5.41, 5.74) is 4.95. The van der Waals surface area contributed by atoms with Crippen LogP contribution in [0.25, 0.3) is 0 Å². The van der Waals surface area contributed by atoms with Gasteiger partial charge in [0.2, 0.25) is 0 Å². The molecular weight excluding hydrogens is 234 g/mol. The molecule has 2 aromatic rings. The van der Waals surface area contributed by atoms with Crippen LogP contribution in [0.2, 0.25) is 0 Å². The fraction of sp³-hybridized carbons (Fsp3) is 0.438. The predicted octanol–water partition coefficient (Wildman–Crippen LogP) is 3.72. The van der Waals surface area contributed by atoms with Crippen LogP contribution >= 0.6 is 0 Å². The Labute approximate surface area is 115 Å². The van der Waals surface area contributed by atoms with Crippen molar-refractivity contribution < 1.29 is 0 Å². The molecule has 0 fully saturated rings. The molecule has 1 heterocycles. The van der Waals surface area contributed by atoms with E-state index in [4.69, 9.17) is 0 Å².